The molecule has 0 bridgehead atoms. The highest BCUT2D eigenvalue weighted by Gasteiger charge is 2.33. The molecule has 2 nitrogen and oxygen atoms in total. The first kappa shape index (κ1) is 12.3. The predicted octanol–water partition coefficient (Wildman–Crippen LogP) is 3.55. The van der Waals surface area contributed by atoms with Crippen LogP contribution < -0.4 is 0 Å². The molecular formula is C15H16F2N2. The molecule has 0 radical (unpaired) electrons. The van der Waals surface area contributed by atoms with E-state index in [4.69, 9.17) is 0 Å². The maximum Gasteiger partial charge on any atom is 0.290 e. The van der Waals surface area contributed by atoms with Gasteiger partial charge in [0.1, 0.15) is 0 Å². The first-order valence-corrected chi connectivity index (χ1v) is 6.63. The Bertz CT molecular complexity index is 561. The summed E-state index contributed by atoms with van der Waals surface area (Å²) >= 11 is 0. The summed E-state index contributed by atoms with van der Waals surface area (Å²) in [6.07, 6.45) is 5.51. The van der Waals surface area contributed by atoms with Crippen LogP contribution in [0.15, 0.2) is 36.7 Å². The topological polar surface area (TPSA) is 17.8 Å². The van der Waals surface area contributed by atoms with Crippen LogP contribution in [0.25, 0.3) is 0 Å². The number of fused-ring (bicyclic) bond motifs is 1. The van der Waals surface area contributed by atoms with Crippen molar-refractivity contribution in [1.29, 1.82) is 0 Å². The van der Waals surface area contributed by atoms with E-state index in [-0.39, 0.29) is 12.1 Å². The minimum Gasteiger partial charge on any atom is -0.328 e. The van der Waals surface area contributed by atoms with Gasteiger partial charge in [0.05, 0.1) is 18.6 Å². The Balaban J connectivity index is 1.87. The number of aromatic nitrogens is 2. The lowest BCUT2D eigenvalue weighted by molar-refractivity contribution is -0.0229. The fraction of sp³-hybridized carbons (Fsp3) is 0.400. The van der Waals surface area contributed by atoms with E-state index in [1.165, 1.54) is 12.1 Å². The van der Waals surface area contributed by atoms with E-state index in [2.05, 4.69) is 4.98 Å². The van der Waals surface area contributed by atoms with Gasteiger partial charge in [0.25, 0.3) is 5.92 Å². The molecule has 0 saturated carbocycles. The Labute approximate surface area is 111 Å². The van der Waals surface area contributed by atoms with E-state index in [0.717, 1.165) is 37.1 Å². The summed E-state index contributed by atoms with van der Waals surface area (Å²) in [4.78, 5) is 4.26. The lowest BCUT2D eigenvalue weighted by atomic mass is 10.0. The molecule has 1 aliphatic rings. The highest BCUT2D eigenvalue weighted by molar-refractivity contribution is 5.21. The Morgan fingerprint density at radius 1 is 1.11 bits per heavy atom. The van der Waals surface area contributed by atoms with Gasteiger partial charge >= 0.3 is 0 Å². The van der Waals surface area contributed by atoms with Gasteiger partial charge in [-0.3, -0.25) is 0 Å². The molecule has 0 unspecified atom stereocenters. The number of aryl methyl sites for hydroxylation is 1. The maximum atomic E-state index is 14.2. The molecule has 0 aliphatic heterocycles. The standard InChI is InChI=1S/C15H16F2N2/c16-15(17,12-6-2-1-3-7-12)10-19-11-18-13-8-4-5-9-14(13)19/h1-3,6-7,11H,4-5,8-10H2. The van der Waals surface area contributed by atoms with Crippen LogP contribution >= 0.6 is 0 Å². The fourth-order valence-electron chi connectivity index (χ4n) is 2.65. The van der Waals surface area contributed by atoms with E-state index < -0.39 is 5.92 Å². The van der Waals surface area contributed by atoms with Crippen LogP contribution in [-0.2, 0) is 25.3 Å². The number of alkyl halides is 2. The molecule has 100 valence electrons. The van der Waals surface area contributed by atoms with E-state index >= 15 is 0 Å². The second kappa shape index (κ2) is 4.76. The van der Waals surface area contributed by atoms with Gasteiger partial charge in [-0.15, -0.1) is 0 Å². The molecule has 4 heteroatoms. The molecule has 0 N–H and O–H groups in total. The van der Waals surface area contributed by atoms with Crippen molar-refractivity contribution in [2.75, 3.05) is 0 Å². The Kier molecular flexibility index (Phi) is 3.09. The van der Waals surface area contributed by atoms with Crippen molar-refractivity contribution >= 4 is 0 Å². The number of nitrogens with zero attached hydrogens (tertiary/aromatic N) is 2. The van der Waals surface area contributed by atoms with Crippen molar-refractivity contribution in [2.24, 2.45) is 0 Å². The van der Waals surface area contributed by atoms with E-state index in [0.29, 0.717) is 0 Å². The monoisotopic (exact) mass is 262 g/mol. The second-order valence-electron chi connectivity index (χ2n) is 5.04. The van der Waals surface area contributed by atoms with Crippen molar-refractivity contribution in [2.45, 2.75) is 38.2 Å². The van der Waals surface area contributed by atoms with Crippen molar-refractivity contribution in [1.82, 2.24) is 9.55 Å². The summed E-state index contributed by atoms with van der Waals surface area (Å²) in [6, 6.07) is 7.99. The van der Waals surface area contributed by atoms with E-state index in [1.54, 1.807) is 29.1 Å². The van der Waals surface area contributed by atoms with Gasteiger partial charge in [-0.1, -0.05) is 30.3 Å². The van der Waals surface area contributed by atoms with E-state index in [9.17, 15) is 8.78 Å². The number of hydrogen-bond donors (Lipinski definition) is 0. The Morgan fingerprint density at radius 2 is 1.84 bits per heavy atom. The second-order valence-corrected chi connectivity index (χ2v) is 5.04. The molecule has 1 aromatic heterocycles. The minimum absolute atomic E-state index is 0.0632. The summed E-state index contributed by atoms with van der Waals surface area (Å²) in [5, 5.41) is 0. The molecule has 1 aliphatic carbocycles. The highest BCUT2D eigenvalue weighted by Crippen LogP contribution is 2.31. The van der Waals surface area contributed by atoms with E-state index in [1.807, 2.05) is 0 Å². The molecule has 0 fully saturated rings. The van der Waals surface area contributed by atoms with Crippen molar-refractivity contribution in [3.63, 3.8) is 0 Å². The van der Waals surface area contributed by atoms with Crippen molar-refractivity contribution in [3.05, 3.63) is 53.6 Å². The lowest BCUT2D eigenvalue weighted by Gasteiger charge is -2.20. The van der Waals surface area contributed by atoms with Gasteiger partial charge in [-0.25, -0.2) is 4.98 Å². The van der Waals surface area contributed by atoms with Crippen LogP contribution in [0.5, 0.6) is 0 Å². The van der Waals surface area contributed by atoms with Crippen LogP contribution in [0.3, 0.4) is 0 Å². The number of imidazole rings is 1. The van der Waals surface area contributed by atoms with Crippen LogP contribution in [-0.4, -0.2) is 9.55 Å². The highest BCUT2D eigenvalue weighted by atomic mass is 19.3. The zero-order valence-electron chi connectivity index (χ0n) is 10.6. The van der Waals surface area contributed by atoms with Gasteiger partial charge in [0.2, 0.25) is 0 Å². The van der Waals surface area contributed by atoms with Crippen molar-refractivity contribution < 1.29 is 8.78 Å². The zero-order chi connectivity index (χ0) is 13.3. The first-order chi connectivity index (χ1) is 9.17. The molecule has 1 heterocycles. The molecule has 0 amide bonds. The third-order valence-electron chi connectivity index (χ3n) is 3.67. The average Bonchev–Trinajstić information content (AvgIpc) is 2.83. The normalized spacial score (nSPS) is 15.3. The van der Waals surface area contributed by atoms with Crippen LogP contribution in [0, 0.1) is 0 Å². The SMILES string of the molecule is FC(F)(Cn1cnc2c1CCCC2)c1ccccc1. The third-order valence-corrected chi connectivity index (χ3v) is 3.67. The van der Waals surface area contributed by atoms with Gasteiger partial charge in [0, 0.05) is 11.3 Å². The predicted molar refractivity (Wildman–Crippen MR) is 69.2 cm³/mol. The number of halogens is 2. The fourth-order valence-corrected chi connectivity index (χ4v) is 2.65. The average molecular weight is 262 g/mol. The lowest BCUT2D eigenvalue weighted by Crippen LogP contribution is -2.23. The molecule has 0 spiro atoms. The summed E-state index contributed by atoms with van der Waals surface area (Å²) in [6.45, 7) is -0.320. The van der Waals surface area contributed by atoms with Gasteiger partial charge in [-0.05, 0) is 25.7 Å². The summed E-state index contributed by atoms with van der Waals surface area (Å²) < 4.78 is 30.1. The maximum absolute atomic E-state index is 14.2. The summed E-state index contributed by atoms with van der Waals surface area (Å²) in [7, 11) is 0. The molecule has 19 heavy (non-hydrogen) atoms. The first-order valence-electron chi connectivity index (χ1n) is 6.63. The Morgan fingerprint density at radius 3 is 2.63 bits per heavy atom. The minimum atomic E-state index is -2.85. The van der Waals surface area contributed by atoms with Gasteiger partial charge < -0.3 is 4.57 Å². The quantitative estimate of drug-likeness (QED) is 0.827. The molecule has 2 aromatic rings. The number of hydrogen-bond acceptors (Lipinski definition) is 1. The molecule has 1 aromatic carbocycles. The van der Waals surface area contributed by atoms with Gasteiger partial charge in [0.15, 0.2) is 0 Å². The van der Waals surface area contributed by atoms with Crippen LogP contribution in [0.2, 0.25) is 0 Å². The summed E-state index contributed by atoms with van der Waals surface area (Å²) in [5.74, 6) is -2.85. The molecular weight excluding hydrogens is 246 g/mol. The smallest absolute Gasteiger partial charge is 0.290 e. The zero-order valence-corrected chi connectivity index (χ0v) is 10.6. The largest absolute Gasteiger partial charge is 0.328 e. The van der Waals surface area contributed by atoms with Crippen LogP contribution in [0.4, 0.5) is 8.78 Å². The number of benzene rings is 1. The van der Waals surface area contributed by atoms with Crippen LogP contribution in [0.1, 0.15) is 29.8 Å². The number of rotatable bonds is 3. The molecule has 0 saturated heterocycles. The Hall–Kier alpha value is -1.71. The van der Waals surface area contributed by atoms with Crippen molar-refractivity contribution in [3.8, 4) is 0 Å². The third kappa shape index (κ3) is 2.39. The summed E-state index contributed by atoms with van der Waals surface area (Å²) in [5.41, 5.74) is 2.05. The molecule has 3 rings (SSSR count). The van der Waals surface area contributed by atoms with Gasteiger partial charge in [-0.2, -0.15) is 8.78 Å². The molecule has 0 atom stereocenters.